The lowest BCUT2D eigenvalue weighted by molar-refractivity contribution is -0.384. The molecule has 0 fully saturated rings. The second-order valence-corrected chi connectivity index (χ2v) is 6.95. The van der Waals surface area contributed by atoms with Gasteiger partial charge in [0.2, 0.25) is 0 Å². The maximum Gasteiger partial charge on any atom is 0.273 e. The number of nitro benzene ring substituents is 1. The Kier molecular flexibility index (Phi) is 3.82. The molecule has 4 aromatic rings. The molecule has 2 aromatic carbocycles. The summed E-state index contributed by atoms with van der Waals surface area (Å²) in [5.74, 6) is 0. The number of hydrogen-bond donors (Lipinski definition) is 0. The molecule has 27 heavy (non-hydrogen) atoms. The van der Waals surface area contributed by atoms with Gasteiger partial charge in [-0.15, -0.1) is 0 Å². The number of aromatic nitrogens is 2. The Morgan fingerprint density at radius 2 is 1.81 bits per heavy atom. The predicted octanol–water partition coefficient (Wildman–Crippen LogP) is 4.02. The van der Waals surface area contributed by atoms with E-state index in [-0.39, 0.29) is 11.3 Å². The van der Waals surface area contributed by atoms with E-state index in [1.807, 2.05) is 35.9 Å². The molecule has 0 spiro atoms. The SMILES string of the molecule is Cn1c2ccc(Br)cc2c2c1cc(C#N)c(=O)n2-c1ccc([N+](=O)[O-])cc1. The molecule has 0 amide bonds. The lowest BCUT2D eigenvalue weighted by atomic mass is 10.2. The van der Waals surface area contributed by atoms with E-state index in [9.17, 15) is 20.2 Å². The van der Waals surface area contributed by atoms with Crippen molar-refractivity contribution >= 4 is 43.6 Å². The van der Waals surface area contributed by atoms with Crippen LogP contribution in [-0.4, -0.2) is 14.1 Å². The van der Waals surface area contributed by atoms with Crippen molar-refractivity contribution in [2.75, 3.05) is 0 Å². The third-order valence-corrected chi connectivity index (χ3v) is 5.05. The van der Waals surface area contributed by atoms with Crippen molar-refractivity contribution in [1.29, 1.82) is 5.26 Å². The van der Waals surface area contributed by atoms with Gasteiger partial charge in [-0.1, -0.05) is 15.9 Å². The molecular formula is C19H11BrN4O3. The standard InChI is InChI=1S/C19H11BrN4O3/c1-22-16-7-2-12(20)9-15(16)18-17(22)8-11(10-21)19(25)23(18)13-3-5-14(6-4-13)24(26)27/h2-9H,1H3. The molecular weight excluding hydrogens is 412 g/mol. The maximum atomic E-state index is 13.0. The summed E-state index contributed by atoms with van der Waals surface area (Å²) in [6.07, 6.45) is 0. The van der Waals surface area contributed by atoms with Gasteiger partial charge in [-0.2, -0.15) is 5.26 Å². The van der Waals surface area contributed by atoms with Crippen LogP contribution in [0.1, 0.15) is 5.56 Å². The van der Waals surface area contributed by atoms with E-state index in [0.29, 0.717) is 11.2 Å². The van der Waals surface area contributed by atoms with Crippen LogP contribution in [0.5, 0.6) is 0 Å². The number of fused-ring (bicyclic) bond motifs is 3. The fraction of sp³-hybridized carbons (Fsp3) is 0.0526. The maximum absolute atomic E-state index is 13.0. The quantitative estimate of drug-likeness (QED) is 0.360. The molecule has 0 N–H and O–H groups in total. The van der Waals surface area contributed by atoms with Crippen LogP contribution in [0.4, 0.5) is 5.69 Å². The van der Waals surface area contributed by atoms with Crippen LogP contribution in [0, 0.1) is 21.4 Å². The first-order valence-corrected chi connectivity index (χ1v) is 8.70. The number of benzene rings is 2. The molecule has 0 aliphatic rings. The minimum atomic E-state index is -0.497. The molecule has 132 valence electrons. The number of nitro groups is 1. The molecule has 0 aliphatic heterocycles. The van der Waals surface area contributed by atoms with Gasteiger partial charge in [0, 0.05) is 34.7 Å². The summed E-state index contributed by atoms with van der Waals surface area (Å²) in [5, 5.41) is 21.2. The number of halogens is 1. The second kappa shape index (κ2) is 6.07. The van der Waals surface area contributed by atoms with Crippen molar-refractivity contribution in [3.05, 3.63) is 79.0 Å². The minimum Gasteiger partial charge on any atom is -0.342 e. The Morgan fingerprint density at radius 1 is 1.11 bits per heavy atom. The highest BCUT2D eigenvalue weighted by molar-refractivity contribution is 9.10. The van der Waals surface area contributed by atoms with Gasteiger partial charge >= 0.3 is 0 Å². The minimum absolute atomic E-state index is 0.00539. The Hall–Kier alpha value is -3.44. The molecule has 8 heteroatoms. The molecule has 7 nitrogen and oxygen atoms in total. The molecule has 4 rings (SSSR count). The zero-order valence-corrected chi connectivity index (χ0v) is 15.6. The van der Waals surface area contributed by atoms with Crippen molar-refractivity contribution in [2.24, 2.45) is 7.05 Å². The van der Waals surface area contributed by atoms with Crippen LogP contribution < -0.4 is 5.56 Å². The molecule has 0 saturated carbocycles. The lowest BCUT2D eigenvalue weighted by Gasteiger charge is -2.09. The largest absolute Gasteiger partial charge is 0.342 e. The molecule has 2 heterocycles. The van der Waals surface area contributed by atoms with Crippen molar-refractivity contribution in [1.82, 2.24) is 9.13 Å². The first-order valence-electron chi connectivity index (χ1n) is 7.91. The second-order valence-electron chi connectivity index (χ2n) is 6.04. The fourth-order valence-electron chi connectivity index (χ4n) is 3.29. The number of nitrogens with zero attached hydrogens (tertiary/aromatic N) is 4. The van der Waals surface area contributed by atoms with Gasteiger partial charge < -0.3 is 4.57 Å². The van der Waals surface area contributed by atoms with E-state index in [1.165, 1.54) is 28.8 Å². The highest BCUT2D eigenvalue weighted by Gasteiger charge is 2.18. The Bertz CT molecular complexity index is 1340. The topological polar surface area (TPSA) is 93.9 Å². The summed E-state index contributed by atoms with van der Waals surface area (Å²) < 4.78 is 4.21. The van der Waals surface area contributed by atoms with Crippen molar-refractivity contribution < 1.29 is 4.92 Å². The summed E-state index contributed by atoms with van der Waals surface area (Å²) >= 11 is 3.46. The van der Waals surface area contributed by atoms with E-state index < -0.39 is 10.5 Å². The normalized spacial score (nSPS) is 11.0. The van der Waals surface area contributed by atoms with Crippen molar-refractivity contribution in [3.8, 4) is 11.8 Å². The van der Waals surface area contributed by atoms with Gasteiger partial charge in [-0.25, -0.2) is 0 Å². The predicted molar refractivity (Wildman–Crippen MR) is 105 cm³/mol. The average molecular weight is 423 g/mol. The lowest BCUT2D eigenvalue weighted by Crippen LogP contribution is -2.21. The van der Waals surface area contributed by atoms with E-state index >= 15 is 0 Å². The number of aryl methyl sites for hydroxylation is 1. The number of pyridine rings is 1. The highest BCUT2D eigenvalue weighted by atomic mass is 79.9. The average Bonchev–Trinajstić information content (AvgIpc) is 2.92. The first-order chi connectivity index (χ1) is 12.9. The highest BCUT2D eigenvalue weighted by Crippen LogP contribution is 2.31. The zero-order chi connectivity index (χ0) is 19.3. The van der Waals surface area contributed by atoms with Gasteiger partial charge in [0.05, 0.1) is 21.5 Å². The smallest absolute Gasteiger partial charge is 0.273 e. The summed E-state index contributed by atoms with van der Waals surface area (Å²) in [6.45, 7) is 0. The van der Waals surface area contributed by atoms with E-state index in [4.69, 9.17) is 0 Å². The van der Waals surface area contributed by atoms with Crippen LogP contribution in [0.3, 0.4) is 0 Å². The van der Waals surface area contributed by atoms with Gasteiger partial charge in [0.1, 0.15) is 11.6 Å². The third-order valence-electron chi connectivity index (χ3n) is 4.56. The van der Waals surface area contributed by atoms with Gasteiger partial charge in [-0.3, -0.25) is 19.5 Å². The molecule has 0 aliphatic carbocycles. The summed E-state index contributed by atoms with van der Waals surface area (Å²) in [4.78, 5) is 23.4. The molecule has 0 unspecified atom stereocenters. The first kappa shape index (κ1) is 17.0. The van der Waals surface area contributed by atoms with Crippen molar-refractivity contribution in [3.63, 3.8) is 0 Å². The summed E-state index contributed by atoms with van der Waals surface area (Å²) in [5.41, 5.74) is 2.19. The van der Waals surface area contributed by atoms with Crippen LogP contribution in [-0.2, 0) is 7.05 Å². The molecule has 0 saturated heterocycles. The number of rotatable bonds is 2. The molecule has 0 bridgehead atoms. The van der Waals surface area contributed by atoms with Crippen LogP contribution in [0.25, 0.3) is 27.6 Å². The number of hydrogen-bond acceptors (Lipinski definition) is 4. The summed E-state index contributed by atoms with van der Waals surface area (Å²) in [7, 11) is 1.87. The number of non-ortho nitro benzene ring substituents is 1. The molecule has 0 atom stereocenters. The Balaban J connectivity index is 2.19. The summed E-state index contributed by atoms with van der Waals surface area (Å²) in [6, 6.07) is 15.0. The Labute approximate surface area is 161 Å². The number of nitriles is 1. The van der Waals surface area contributed by atoms with E-state index in [1.54, 1.807) is 6.07 Å². The van der Waals surface area contributed by atoms with Crippen LogP contribution >= 0.6 is 15.9 Å². The van der Waals surface area contributed by atoms with Crippen molar-refractivity contribution in [2.45, 2.75) is 0 Å². The Morgan fingerprint density at radius 3 is 2.44 bits per heavy atom. The van der Waals surface area contributed by atoms with Gasteiger partial charge in [0.15, 0.2) is 0 Å². The van der Waals surface area contributed by atoms with Gasteiger partial charge in [-0.05, 0) is 36.4 Å². The zero-order valence-electron chi connectivity index (χ0n) is 14.0. The van der Waals surface area contributed by atoms with Crippen LogP contribution in [0.2, 0.25) is 0 Å². The monoisotopic (exact) mass is 422 g/mol. The molecule has 0 radical (unpaired) electrons. The third kappa shape index (κ3) is 2.52. The van der Waals surface area contributed by atoms with E-state index in [2.05, 4.69) is 15.9 Å². The van der Waals surface area contributed by atoms with Crippen LogP contribution in [0.15, 0.2) is 57.8 Å². The fourth-order valence-corrected chi connectivity index (χ4v) is 3.65. The van der Waals surface area contributed by atoms with Gasteiger partial charge in [0.25, 0.3) is 11.2 Å². The van der Waals surface area contributed by atoms with E-state index in [0.717, 1.165) is 20.9 Å². The molecule has 2 aromatic heterocycles.